The van der Waals surface area contributed by atoms with Crippen molar-refractivity contribution < 1.29 is 10.0 Å². The molecule has 5 N–H and O–H groups in total. The van der Waals surface area contributed by atoms with E-state index in [1.54, 1.807) is 18.2 Å². The van der Waals surface area contributed by atoms with E-state index in [1.807, 2.05) is 0 Å². The molecule has 0 unspecified atom stereocenters. The molecule has 2 aromatic rings. The molecule has 0 bridgehead atoms. The number of aromatic nitrogens is 2. The quantitative estimate of drug-likeness (QED) is 0.412. The number of nitrogens with zero attached hydrogens (tertiary/aromatic N) is 1. The molecule has 0 aliphatic carbocycles. The zero-order valence-corrected chi connectivity index (χ0v) is 6.73. The molecule has 0 saturated heterocycles. The highest BCUT2D eigenvalue weighted by Crippen LogP contribution is 2.09. The van der Waals surface area contributed by atoms with Crippen LogP contribution in [-0.4, -0.2) is 27.1 Å². The van der Waals surface area contributed by atoms with E-state index in [1.165, 1.54) is 0 Å². The van der Waals surface area contributed by atoms with Crippen molar-refractivity contribution in [1.29, 1.82) is 0 Å². The lowest BCUT2D eigenvalue weighted by Gasteiger charge is -1.91. The van der Waals surface area contributed by atoms with Crippen LogP contribution in [0, 0.1) is 0 Å². The molecular weight excluding hydrogens is 169 g/mol. The van der Waals surface area contributed by atoms with Crippen molar-refractivity contribution in [3.8, 4) is 0 Å². The third-order valence-electron chi connectivity index (χ3n) is 1.80. The SMILES string of the molecule is Nc1ccc2cc(B(O)O)[nH]c2n1. The molecule has 0 aliphatic heterocycles. The Morgan fingerprint density at radius 1 is 1.38 bits per heavy atom. The molecule has 0 aromatic carbocycles. The molecule has 2 aromatic heterocycles. The van der Waals surface area contributed by atoms with Gasteiger partial charge in [-0.2, -0.15) is 0 Å². The van der Waals surface area contributed by atoms with Crippen molar-refractivity contribution >= 4 is 29.6 Å². The smallest absolute Gasteiger partial charge is 0.422 e. The van der Waals surface area contributed by atoms with Crippen molar-refractivity contribution in [3.63, 3.8) is 0 Å². The van der Waals surface area contributed by atoms with Gasteiger partial charge in [-0.15, -0.1) is 0 Å². The Bertz CT molecular complexity index is 440. The van der Waals surface area contributed by atoms with E-state index in [2.05, 4.69) is 9.97 Å². The highest BCUT2D eigenvalue weighted by atomic mass is 16.4. The van der Waals surface area contributed by atoms with E-state index in [0.29, 0.717) is 17.1 Å². The van der Waals surface area contributed by atoms with Gasteiger partial charge in [0.05, 0.1) is 0 Å². The number of hydrogen-bond donors (Lipinski definition) is 4. The molecular formula is C7H8BN3O2. The summed E-state index contributed by atoms with van der Waals surface area (Å²) in [4.78, 5) is 6.72. The maximum absolute atomic E-state index is 8.86. The van der Waals surface area contributed by atoms with Gasteiger partial charge in [0.25, 0.3) is 0 Å². The van der Waals surface area contributed by atoms with Crippen molar-refractivity contribution in [3.05, 3.63) is 18.2 Å². The molecule has 0 saturated carbocycles. The molecule has 13 heavy (non-hydrogen) atoms. The molecule has 6 heteroatoms. The van der Waals surface area contributed by atoms with Crippen LogP contribution in [0.3, 0.4) is 0 Å². The van der Waals surface area contributed by atoms with Crippen molar-refractivity contribution in [1.82, 2.24) is 9.97 Å². The molecule has 66 valence electrons. The summed E-state index contributed by atoms with van der Waals surface area (Å²) in [5, 5.41) is 18.5. The van der Waals surface area contributed by atoms with Crippen molar-refractivity contribution in [2.75, 3.05) is 5.73 Å². The van der Waals surface area contributed by atoms with Gasteiger partial charge in [0.1, 0.15) is 11.5 Å². The summed E-state index contributed by atoms with van der Waals surface area (Å²) in [6.07, 6.45) is 0. The monoisotopic (exact) mass is 177 g/mol. The van der Waals surface area contributed by atoms with Gasteiger partial charge in [0.15, 0.2) is 0 Å². The summed E-state index contributed by atoms with van der Waals surface area (Å²) in [6.45, 7) is 0. The zero-order chi connectivity index (χ0) is 9.42. The first kappa shape index (κ1) is 8.09. The summed E-state index contributed by atoms with van der Waals surface area (Å²) < 4.78 is 0. The Kier molecular flexibility index (Phi) is 1.71. The molecule has 0 aliphatic rings. The Morgan fingerprint density at radius 3 is 2.85 bits per heavy atom. The Labute approximate surface area is 74.4 Å². The summed E-state index contributed by atoms with van der Waals surface area (Å²) >= 11 is 0. The van der Waals surface area contributed by atoms with Gasteiger partial charge in [-0.1, -0.05) is 0 Å². The maximum atomic E-state index is 8.86. The topological polar surface area (TPSA) is 95.2 Å². The fraction of sp³-hybridized carbons (Fsp3) is 0. The average molecular weight is 177 g/mol. The molecule has 0 atom stereocenters. The first-order valence-corrected chi connectivity index (χ1v) is 3.78. The molecule has 5 nitrogen and oxygen atoms in total. The Morgan fingerprint density at radius 2 is 2.15 bits per heavy atom. The fourth-order valence-electron chi connectivity index (χ4n) is 1.18. The van der Waals surface area contributed by atoms with Gasteiger partial charge in [0, 0.05) is 11.0 Å². The number of pyridine rings is 1. The van der Waals surface area contributed by atoms with Gasteiger partial charge in [0.2, 0.25) is 0 Å². The van der Waals surface area contributed by atoms with Crippen LogP contribution < -0.4 is 11.3 Å². The van der Waals surface area contributed by atoms with E-state index in [0.717, 1.165) is 5.39 Å². The highest BCUT2D eigenvalue weighted by molar-refractivity contribution is 6.58. The Balaban J connectivity index is 2.62. The van der Waals surface area contributed by atoms with Crippen LogP contribution >= 0.6 is 0 Å². The molecule has 0 spiro atoms. The minimum atomic E-state index is -1.50. The van der Waals surface area contributed by atoms with Crippen LogP contribution in [0.1, 0.15) is 0 Å². The number of nitrogen functional groups attached to an aromatic ring is 1. The van der Waals surface area contributed by atoms with Crippen LogP contribution in [0.4, 0.5) is 5.82 Å². The van der Waals surface area contributed by atoms with Crippen LogP contribution in [0.2, 0.25) is 0 Å². The van der Waals surface area contributed by atoms with Gasteiger partial charge in [-0.3, -0.25) is 0 Å². The predicted octanol–water partition coefficient (Wildman–Crippen LogP) is -1.18. The molecule has 2 heterocycles. The molecule has 0 amide bonds. The summed E-state index contributed by atoms with van der Waals surface area (Å²) in [5.74, 6) is 0.397. The Hall–Kier alpha value is -1.53. The van der Waals surface area contributed by atoms with E-state index < -0.39 is 7.12 Å². The van der Waals surface area contributed by atoms with Gasteiger partial charge in [-0.05, 0) is 18.2 Å². The van der Waals surface area contributed by atoms with E-state index >= 15 is 0 Å². The molecule has 0 fully saturated rings. The second-order valence-corrected chi connectivity index (χ2v) is 2.77. The minimum absolute atomic E-state index is 0.313. The normalized spacial score (nSPS) is 10.6. The lowest BCUT2D eigenvalue weighted by Crippen LogP contribution is -2.30. The van der Waals surface area contributed by atoms with E-state index in [-0.39, 0.29) is 0 Å². The number of fused-ring (bicyclic) bond motifs is 1. The second-order valence-electron chi connectivity index (χ2n) is 2.77. The van der Waals surface area contributed by atoms with Crippen LogP contribution in [0.5, 0.6) is 0 Å². The number of anilines is 1. The van der Waals surface area contributed by atoms with Crippen LogP contribution in [-0.2, 0) is 0 Å². The number of H-pyrrole nitrogens is 1. The first-order valence-electron chi connectivity index (χ1n) is 3.78. The largest absolute Gasteiger partial charge is 0.505 e. The summed E-state index contributed by atoms with van der Waals surface area (Å²) in [7, 11) is -1.50. The highest BCUT2D eigenvalue weighted by Gasteiger charge is 2.14. The van der Waals surface area contributed by atoms with Gasteiger partial charge < -0.3 is 20.8 Å². The zero-order valence-electron chi connectivity index (χ0n) is 6.73. The lowest BCUT2D eigenvalue weighted by molar-refractivity contribution is 0.424. The predicted molar refractivity (Wildman–Crippen MR) is 50.3 cm³/mol. The molecule has 0 radical (unpaired) electrons. The third-order valence-corrected chi connectivity index (χ3v) is 1.80. The fourth-order valence-corrected chi connectivity index (χ4v) is 1.18. The van der Waals surface area contributed by atoms with E-state index in [4.69, 9.17) is 15.8 Å². The summed E-state index contributed by atoms with van der Waals surface area (Å²) in [6, 6.07) is 5.04. The minimum Gasteiger partial charge on any atom is -0.422 e. The molecule has 2 rings (SSSR count). The maximum Gasteiger partial charge on any atom is 0.505 e. The average Bonchev–Trinajstić information content (AvgIpc) is 2.46. The van der Waals surface area contributed by atoms with Crippen molar-refractivity contribution in [2.45, 2.75) is 0 Å². The second kappa shape index (κ2) is 2.76. The number of nitrogens with two attached hydrogens (primary N) is 1. The van der Waals surface area contributed by atoms with Gasteiger partial charge >= 0.3 is 7.12 Å². The number of rotatable bonds is 1. The standard InChI is InChI=1S/C7H8BN3O2/c9-6-2-1-4-3-5(8(12)13)10-7(4)11-6/h1-3,12-13H,(H3,9,10,11). The first-order chi connectivity index (χ1) is 6.16. The third kappa shape index (κ3) is 1.37. The number of nitrogens with one attached hydrogen (secondary N) is 1. The lowest BCUT2D eigenvalue weighted by atomic mass is 9.87. The van der Waals surface area contributed by atoms with E-state index in [9.17, 15) is 0 Å². The number of aromatic amines is 1. The van der Waals surface area contributed by atoms with Crippen molar-refractivity contribution in [2.24, 2.45) is 0 Å². The number of hydrogen-bond acceptors (Lipinski definition) is 4. The van der Waals surface area contributed by atoms with Crippen LogP contribution in [0.15, 0.2) is 18.2 Å². The van der Waals surface area contributed by atoms with Gasteiger partial charge in [-0.25, -0.2) is 4.98 Å². The summed E-state index contributed by atoms with van der Waals surface area (Å²) in [5.41, 5.74) is 6.32. The van der Waals surface area contributed by atoms with Crippen LogP contribution in [0.25, 0.3) is 11.0 Å².